The van der Waals surface area contributed by atoms with E-state index in [9.17, 15) is 0 Å². The molecule has 0 saturated heterocycles. The van der Waals surface area contributed by atoms with Gasteiger partial charge in [-0.1, -0.05) is 21.1 Å². The fraction of sp³-hybridized carbons (Fsp3) is 0.154. The summed E-state index contributed by atoms with van der Waals surface area (Å²) < 4.78 is 11.3. The molecule has 1 N–H and O–H groups in total. The number of benzene rings is 1. The zero-order valence-corrected chi connectivity index (χ0v) is 12.4. The topological polar surface area (TPSA) is 73.1 Å². The second-order valence-corrected chi connectivity index (χ2v) is 5.09. The second-order valence-electron chi connectivity index (χ2n) is 4.18. The van der Waals surface area contributed by atoms with Crippen molar-refractivity contribution in [2.24, 2.45) is 0 Å². The van der Waals surface area contributed by atoms with Gasteiger partial charge in [-0.15, -0.1) is 0 Å². The zero-order chi connectivity index (χ0) is 14.1. The van der Waals surface area contributed by atoms with Crippen molar-refractivity contribution in [1.29, 1.82) is 0 Å². The molecule has 102 valence electrons. The summed E-state index contributed by atoms with van der Waals surface area (Å²) in [4.78, 5) is 8.28. The maximum atomic E-state index is 5.24. The molecule has 0 amide bonds. The second kappa shape index (κ2) is 5.09. The number of nitrogens with zero attached hydrogens (tertiary/aromatic N) is 3. The summed E-state index contributed by atoms with van der Waals surface area (Å²) in [6, 6.07) is 5.69. The largest absolute Gasteiger partial charge is 0.497 e. The van der Waals surface area contributed by atoms with E-state index in [4.69, 9.17) is 9.26 Å². The van der Waals surface area contributed by atoms with Crippen LogP contribution in [0.5, 0.6) is 5.75 Å². The van der Waals surface area contributed by atoms with Crippen molar-refractivity contribution >= 4 is 38.5 Å². The first kappa shape index (κ1) is 12.9. The van der Waals surface area contributed by atoms with E-state index in [1.54, 1.807) is 7.11 Å². The molecule has 0 aliphatic carbocycles. The molecule has 0 bridgehead atoms. The Morgan fingerprint density at radius 3 is 2.90 bits per heavy atom. The first-order valence-corrected chi connectivity index (χ1v) is 6.65. The molecule has 0 saturated carbocycles. The van der Waals surface area contributed by atoms with Crippen LogP contribution < -0.4 is 10.1 Å². The number of fused-ring (bicyclic) bond motifs is 1. The Morgan fingerprint density at radius 1 is 1.25 bits per heavy atom. The molecule has 0 fully saturated rings. The lowest BCUT2D eigenvalue weighted by atomic mass is 10.2. The lowest BCUT2D eigenvalue weighted by Gasteiger charge is -2.08. The third-order valence-electron chi connectivity index (χ3n) is 2.81. The molecule has 6 nitrogen and oxygen atoms in total. The van der Waals surface area contributed by atoms with Gasteiger partial charge in [-0.3, -0.25) is 0 Å². The number of nitrogens with one attached hydrogen (secondary N) is 1. The molecule has 2 heterocycles. The third kappa shape index (κ3) is 2.32. The van der Waals surface area contributed by atoms with Crippen molar-refractivity contribution in [1.82, 2.24) is 15.1 Å². The number of rotatable bonds is 3. The van der Waals surface area contributed by atoms with Crippen molar-refractivity contribution in [2.75, 3.05) is 12.4 Å². The van der Waals surface area contributed by atoms with Crippen molar-refractivity contribution in [3.05, 3.63) is 34.7 Å². The van der Waals surface area contributed by atoms with Crippen LogP contribution in [0.3, 0.4) is 0 Å². The van der Waals surface area contributed by atoms with Gasteiger partial charge in [0.25, 0.3) is 5.71 Å². The number of ether oxygens (including phenoxy) is 1. The molecule has 3 aromatic rings. The highest BCUT2D eigenvalue weighted by atomic mass is 79.9. The quantitative estimate of drug-likeness (QED) is 0.790. The van der Waals surface area contributed by atoms with Crippen LogP contribution >= 0.6 is 15.9 Å². The van der Waals surface area contributed by atoms with E-state index in [-0.39, 0.29) is 0 Å². The first-order chi connectivity index (χ1) is 9.67. The minimum atomic E-state index is 0.460. The number of hydrogen-bond acceptors (Lipinski definition) is 6. The van der Waals surface area contributed by atoms with E-state index >= 15 is 0 Å². The summed E-state index contributed by atoms with van der Waals surface area (Å²) in [6.07, 6.45) is 1.44. The molecule has 0 aliphatic rings. The van der Waals surface area contributed by atoms with Crippen LogP contribution in [0.25, 0.3) is 11.1 Å². The number of methoxy groups -OCH3 is 1. The highest BCUT2D eigenvalue weighted by molar-refractivity contribution is 9.10. The van der Waals surface area contributed by atoms with Gasteiger partial charge in [0.05, 0.1) is 12.8 Å². The molecule has 7 heteroatoms. The Hall–Kier alpha value is -2.15. The molecular formula is C13H11BrN4O2. The van der Waals surface area contributed by atoms with Gasteiger partial charge in [-0.2, -0.15) is 4.98 Å². The summed E-state index contributed by atoms with van der Waals surface area (Å²) in [5.41, 5.74) is 2.05. The molecule has 3 rings (SSSR count). The molecule has 0 radical (unpaired) electrons. The monoisotopic (exact) mass is 334 g/mol. The van der Waals surface area contributed by atoms with E-state index in [1.165, 1.54) is 6.33 Å². The Kier molecular flexibility index (Phi) is 3.27. The smallest absolute Gasteiger partial charge is 0.263 e. The van der Waals surface area contributed by atoms with Gasteiger partial charge >= 0.3 is 0 Å². The van der Waals surface area contributed by atoms with Crippen molar-refractivity contribution in [3.63, 3.8) is 0 Å². The Morgan fingerprint density at radius 2 is 2.10 bits per heavy atom. The summed E-state index contributed by atoms with van der Waals surface area (Å²) in [6.45, 7) is 1.85. The Bertz CT molecular complexity index is 772. The van der Waals surface area contributed by atoms with Crippen molar-refractivity contribution in [3.8, 4) is 5.75 Å². The fourth-order valence-electron chi connectivity index (χ4n) is 1.91. The van der Waals surface area contributed by atoms with Crippen LogP contribution in [0.15, 0.2) is 33.5 Å². The van der Waals surface area contributed by atoms with Gasteiger partial charge in [0, 0.05) is 16.2 Å². The van der Waals surface area contributed by atoms with Gasteiger partial charge in [0.15, 0.2) is 0 Å². The lowest BCUT2D eigenvalue weighted by molar-refractivity contribution is 0.415. The van der Waals surface area contributed by atoms with Gasteiger partial charge in [0.2, 0.25) is 0 Å². The maximum Gasteiger partial charge on any atom is 0.263 e. The van der Waals surface area contributed by atoms with Crippen molar-refractivity contribution < 1.29 is 9.26 Å². The number of aryl methyl sites for hydroxylation is 1. The molecule has 0 aliphatic heterocycles. The number of aromatic nitrogens is 3. The normalized spacial score (nSPS) is 10.8. The van der Waals surface area contributed by atoms with Gasteiger partial charge in [-0.25, -0.2) is 4.98 Å². The van der Waals surface area contributed by atoms with Gasteiger partial charge in [0.1, 0.15) is 23.3 Å². The average molecular weight is 335 g/mol. The Labute approximate surface area is 123 Å². The predicted octanol–water partition coefficient (Wildman–Crippen LogP) is 3.44. The van der Waals surface area contributed by atoms with E-state index < -0.39 is 0 Å². The fourth-order valence-corrected chi connectivity index (χ4v) is 2.38. The Balaban J connectivity index is 2.05. The van der Waals surface area contributed by atoms with E-state index in [2.05, 4.69) is 36.4 Å². The van der Waals surface area contributed by atoms with Gasteiger partial charge < -0.3 is 14.6 Å². The molecule has 2 aromatic heterocycles. The van der Waals surface area contributed by atoms with Crippen LogP contribution in [0, 0.1) is 6.92 Å². The van der Waals surface area contributed by atoms with Crippen LogP contribution in [0.1, 0.15) is 5.69 Å². The van der Waals surface area contributed by atoms with Crippen molar-refractivity contribution in [2.45, 2.75) is 6.92 Å². The van der Waals surface area contributed by atoms with Crippen LogP contribution in [-0.2, 0) is 0 Å². The number of hydrogen-bond donors (Lipinski definition) is 1. The van der Waals surface area contributed by atoms with Crippen LogP contribution in [0.2, 0.25) is 0 Å². The first-order valence-electron chi connectivity index (χ1n) is 5.86. The van der Waals surface area contributed by atoms with Crippen LogP contribution in [0.4, 0.5) is 11.5 Å². The lowest BCUT2D eigenvalue weighted by Crippen LogP contribution is -1.96. The third-order valence-corrected chi connectivity index (χ3v) is 3.27. The average Bonchev–Trinajstić information content (AvgIpc) is 2.81. The van der Waals surface area contributed by atoms with Crippen LogP contribution in [-0.4, -0.2) is 22.2 Å². The SMILES string of the molecule is COc1cc(Br)cc(Nc2ncnc3onc(C)c23)c1. The minimum Gasteiger partial charge on any atom is -0.497 e. The number of anilines is 2. The predicted molar refractivity (Wildman–Crippen MR) is 78.3 cm³/mol. The highest BCUT2D eigenvalue weighted by Crippen LogP contribution is 2.29. The zero-order valence-electron chi connectivity index (χ0n) is 10.8. The molecule has 1 aromatic carbocycles. The highest BCUT2D eigenvalue weighted by Gasteiger charge is 2.12. The molecule has 0 atom stereocenters. The molecule has 0 spiro atoms. The summed E-state index contributed by atoms with van der Waals surface area (Å²) in [5.74, 6) is 1.39. The van der Waals surface area contributed by atoms with E-state index in [0.29, 0.717) is 11.5 Å². The molecule has 20 heavy (non-hydrogen) atoms. The van der Waals surface area contributed by atoms with Gasteiger partial charge in [-0.05, 0) is 19.1 Å². The summed E-state index contributed by atoms with van der Waals surface area (Å²) >= 11 is 3.44. The molecular weight excluding hydrogens is 324 g/mol. The minimum absolute atomic E-state index is 0.460. The van der Waals surface area contributed by atoms with E-state index in [1.807, 2.05) is 25.1 Å². The summed E-state index contributed by atoms with van der Waals surface area (Å²) in [7, 11) is 1.62. The number of halogens is 1. The van der Waals surface area contributed by atoms with E-state index in [0.717, 1.165) is 27.0 Å². The standard InChI is InChI=1S/C13H11BrN4O2/c1-7-11-12(15-6-16-13(11)20-18-7)17-9-3-8(14)4-10(5-9)19-2/h3-6H,1-2H3,(H,15,16,17). The molecule has 0 unspecified atom stereocenters. The maximum absolute atomic E-state index is 5.24. The summed E-state index contributed by atoms with van der Waals surface area (Å²) in [5, 5.41) is 7.90.